The average Bonchev–Trinajstić information content (AvgIpc) is 2.88. The highest BCUT2D eigenvalue weighted by molar-refractivity contribution is 6.30. The fourth-order valence-electron chi connectivity index (χ4n) is 2.68. The molecule has 2 heterocycles. The first-order valence-corrected chi connectivity index (χ1v) is 7.90. The van der Waals surface area contributed by atoms with Crippen molar-refractivity contribution in [2.24, 2.45) is 0 Å². The minimum absolute atomic E-state index is 0.115. The molecule has 23 heavy (non-hydrogen) atoms. The topological polar surface area (TPSA) is 59.4 Å². The van der Waals surface area contributed by atoms with Gasteiger partial charge >= 0.3 is 0 Å². The van der Waals surface area contributed by atoms with Gasteiger partial charge in [-0.25, -0.2) is 9.50 Å². The molecule has 0 amide bonds. The Bertz CT molecular complexity index is 881. The summed E-state index contributed by atoms with van der Waals surface area (Å²) in [5.74, 6) is 0. The Kier molecular flexibility index (Phi) is 4.50. The second kappa shape index (κ2) is 6.56. The van der Waals surface area contributed by atoms with Crippen LogP contribution in [0, 0.1) is 0 Å². The van der Waals surface area contributed by atoms with Crippen molar-refractivity contribution in [3.63, 3.8) is 0 Å². The van der Waals surface area contributed by atoms with Crippen LogP contribution in [-0.4, -0.2) is 21.7 Å². The Morgan fingerprint density at radius 3 is 2.70 bits per heavy atom. The highest BCUT2D eigenvalue weighted by Crippen LogP contribution is 2.28. The Hall–Kier alpha value is -2.11. The largest absolute Gasteiger partial charge is 0.378 e. The van der Waals surface area contributed by atoms with Crippen LogP contribution >= 0.6 is 11.6 Å². The average molecular weight is 332 g/mol. The maximum absolute atomic E-state index is 12.4. The van der Waals surface area contributed by atoms with Crippen LogP contribution in [0.5, 0.6) is 0 Å². The van der Waals surface area contributed by atoms with E-state index in [0.717, 1.165) is 35.4 Å². The summed E-state index contributed by atoms with van der Waals surface area (Å²) in [7, 11) is 1.62. The van der Waals surface area contributed by atoms with Crippen molar-refractivity contribution in [2.45, 2.75) is 26.4 Å². The van der Waals surface area contributed by atoms with Crippen LogP contribution in [0.2, 0.25) is 5.02 Å². The van der Waals surface area contributed by atoms with E-state index in [1.165, 1.54) is 4.52 Å². The number of nitrogens with zero attached hydrogens (tertiary/aromatic N) is 2. The van der Waals surface area contributed by atoms with Gasteiger partial charge in [0.15, 0.2) is 5.65 Å². The summed E-state index contributed by atoms with van der Waals surface area (Å²) in [5.41, 5.74) is 3.94. The van der Waals surface area contributed by atoms with Crippen molar-refractivity contribution in [3.05, 3.63) is 57.1 Å². The molecule has 0 saturated carbocycles. The van der Waals surface area contributed by atoms with Crippen LogP contribution in [0.4, 0.5) is 0 Å². The second-order valence-corrected chi connectivity index (χ2v) is 5.84. The fourth-order valence-corrected chi connectivity index (χ4v) is 2.81. The van der Waals surface area contributed by atoms with Crippen molar-refractivity contribution in [1.29, 1.82) is 0 Å². The van der Waals surface area contributed by atoms with Gasteiger partial charge in [-0.05, 0) is 24.1 Å². The van der Waals surface area contributed by atoms with Gasteiger partial charge in [-0.3, -0.25) is 9.89 Å². The molecule has 0 unspecified atom stereocenters. The summed E-state index contributed by atoms with van der Waals surface area (Å²) in [5, 5.41) is 3.76. The molecule has 0 fully saturated rings. The first kappa shape index (κ1) is 15.8. The van der Waals surface area contributed by atoms with E-state index in [-0.39, 0.29) is 5.56 Å². The van der Waals surface area contributed by atoms with Crippen molar-refractivity contribution in [1.82, 2.24) is 14.6 Å². The Morgan fingerprint density at radius 2 is 2.04 bits per heavy atom. The molecule has 6 heteroatoms. The molecule has 0 radical (unpaired) electrons. The lowest BCUT2D eigenvalue weighted by atomic mass is 10.1. The lowest BCUT2D eigenvalue weighted by Crippen LogP contribution is -2.15. The molecule has 1 aromatic carbocycles. The van der Waals surface area contributed by atoms with Crippen molar-refractivity contribution in [3.8, 4) is 11.1 Å². The zero-order valence-corrected chi connectivity index (χ0v) is 13.9. The molecule has 120 valence electrons. The third kappa shape index (κ3) is 3.02. The van der Waals surface area contributed by atoms with E-state index in [9.17, 15) is 4.79 Å². The summed E-state index contributed by atoms with van der Waals surface area (Å²) in [6, 6.07) is 9.07. The third-order valence-corrected chi connectivity index (χ3v) is 3.92. The van der Waals surface area contributed by atoms with Gasteiger partial charge < -0.3 is 4.74 Å². The van der Waals surface area contributed by atoms with Crippen LogP contribution in [0.15, 0.2) is 35.1 Å². The molecule has 0 aliphatic carbocycles. The normalized spacial score (nSPS) is 11.3. The summed E-state index contributed by atoms with van der Waals surface area (Å²) < 4.78 is 6.73. The summed E-state index contributed by atoms with van der Waals surface area (Å²) in [6.45, 7) is 2.43. The molecule has 0 aliphatic heterocycles. The first-order chi connectivity index (χ1) is 11.1. The molecular formula is C17H18ClN3O2. The number of rotatable bonds is 5. The second-order valence-electron chi connectivity index (χ2n) is 5.40. The molecular weight excluding hydrogens is 314 g/mol. The number of aryl methyl sites for hydroxylation is 1. The van der Waals surface area contributed by atoms with Crippen LogP contribution in [0.3, 0.4) is 0 Å². The van der Waals surface area contributed by atoms with Gasteiger partial charge in [0, 0.05) is 29.5 Å². The minimum Gasteiger partial charge on any atom is -0.378 e. The number of aromatic nitrogens is 3. The molecule has 0 atom stereocenters. The van der Waals surface area contributed by atoms with E-state index in [1.807, 2.05) is 24.3 Å². The Morgan fingerprint density at radius 1 is 1.30 bits per heavy atom. The SMILES string of the molecule is CCCc1cc(=O)n2[nH]c(COC)c(-c3ccc(Cl)cc3)c2n1. The highest BCUT2D eigenvalue weighted by atomic mass is 35.5. The Balaban J connectivity index is 2.29. The van der Waals surface area contributed by atoms with E-state index < -0.39 is 0 Å². The zero-order valence-electron chi connectivity index (χ0n) is 13.1. The monoisotopic (exact) mass is 331 g/mol. The van der Waals surface area contributed by atoms with Crippen LogP contribution < -0.4 is 5.56 Å². The van der Waals surface area contributed by atoms with Gasteiger partial charge in [-0.1, -0.05) is 37.1 Å². The number of methoxy groups -OCH3 is 1. The van der Waals surface area contributed by atoms with Crippen LogP contribution in [0.25, 0.3) is 16.8 Å². The van der Waals surface area contributed by atoms with Gasteiger partial charge in [-0.15, -0.1) is 0 Å². The van der Waals surface area contributed by atoms with E-state index in [0.29, 0.717) is 17.3 Å². The molecule has 0 saturated heterocycles. The maximum atomic E-state index is 12.4. The molecule has 3 aromatic rings. The summed E-state index contributed by atoms with van der Waals surface area (Å²) in [6.07, 6.45) is 1.71. The highest BCUT2D eigenvalue weighted by Gasteiger charge is 2.17. The van der Waals surface area contributed by atoms with Crippen molar-refractivity contribution < 1.29 is 4.74 Å². The lowest BCUT2D eigenvalue weighted by Gasteiger charge is -2.04. The van der Waals surface area contributed by atoms with Gasteiger partial charge in [0.2, 0.25) is 0 Å². The number of aromatic amines is 1. The molecule has 0 spiro atoms. The molecule has 3 rings (SSSR count). The predicted molar refractivity (Wildman–Crippen MR) is 91.0 cm³/mol. The first-order valence-electron chi connectivity index (χ1n) is 7.52. The number of benzene rings is 1. The molecule has 0 aliphatic rings. The molecule has 5 nitrogen and oxygen atoms in total. The number of H-pyrrole nitrogens is 1. The lowest BCUT2D eigenvalue weighted by molar-refractivity contribution is 0.181. The quantitative estimate of drug-likeness (QED) is 0.779. The fraction of sp³-hybridized carbons (Fsp3) is 0.294. The predicted octanol–water partition coefficient (Wildman–Crippen LogP) is 3.44. The van der Waals surface area contributed by atoms with Gasteiger partial charge in [0.25, 0.3) is 5.56 Å². The Labute approximate surface area is 138 Å². The van der Waals surface area contributed by atoms with E-state index in [4.69, 9.17) is 16.3 Å². The van der Waals surface area contributed by atoms with Gasteiger partial charge in [0.05, 0.1) is 12.3 Å². The van der Waals surface area contributed by atoms with E-state index in [2.05, 4.69) is 17.0 Å². The number of halogens is 1. The minimum atomic E-state index is -0.115. The molecule has 1 N–H and O–H groups in total. The third-order valence-electron chi connectivity index (χ3n) is 3.67. The number of fused-ring (bicyclic) bond motifs is 1. The van der Waals surface area contributed by atoms with Crippen LogP contribution in [0.1, 0.15) is 24.7 Å². The van der Waals surface area contributed by atoms with E-state index >= 15 is 0 Å². The smallest absolute Gasteiger partial charge is 0.272 e. The van der Waals surface area contributed by atoms with Gasteiger partial charge in [-0.2, -0.15) is 0 Å². The van der Waals surface area contributed by atoms with E-state index in [1.54, 1.807) is 13.2 Å². The number of ether oxygens (including phenoxy) is 1. The number of nitrogens with one attached hydrogen (secondary N) is 1. The zero-order chi connectivity index (χ0) is 16.4. The van der Waals surface area contributed by atoms with Gasteiger partial charge in [0.1, 0.15) is 0 Å². The summed E-state index contributed by atoms with van der Waals surface area (Å²) >= 11 is 5.98. The number of hydrogen-bond donors (Lipinski definition) is 1. The molecule has 0 bridgehead atoms. The van der Waals surface area contributed by atoms with Crippen molar-refractivity contribution in [2.75, 3.05) is 7.11 Å². The maximum Gasteiger partial charge on any atom is 0.272 e. The van der Waals surface area contributed by atoms with Crippen molar-refractivity contribution >= 4 is 17.2 Å². The standard InChI is InChI=1S/C17H18ClN3O2/c1-3-4-13-9-15(22)21-17(19-13)16(14(20-21)10-23-2)11-5-7-12(18)8-6-11/h5-9,20H,3-4,10H2,1-2H3. The summed E-state index contributed by atoms with van der Waals surface area (Å²) in [4.78, 5) is 17.0. The molecule has 2 aromatic heterocycles. The number of hydrogen-bond acceptors (Lipinski definition) is 3. The van der Waals surface area contributed by atoms with Crippen LogP contribution in [-0.2, 0) is 17.8 Å².